The van der Waals surface area contributed by atoms with Gasteiger partial charge in [-0.1, -0.05) is 18.2 Å². The van der Waals surface area contributed by atoms with Gasteiger partial charge < -0.3 is 14.8 Å². The standard InChI is InChI=1S/C23H25N5O3/c1-4-30-21-13-18(14-24-28-23-25-16(2)12-17(3)26-23)10-11-20(21)31-15-22(29)27-19-8-6-5-7-9-19/h5-14H,4,15H2,1-3H3,(H,27,29)(H,25,26,28)/b24-14-. The van der Waals surface area contributed by atoms with Crippen LogP contribution in [0.4, 0.5) is 11.6 Å². The SMILES string of the molecule is CCOc1cc(/C=N\Nc2nc(C)cc(C)n2)ccc1OCC(=O)Nc1ccccc1. The minimum absolute atomic E-state index is 0.131. The maximum atomic E-state index is 12.1. The highest BCUT2D eigenvalue weighted by Gasteiger charge is 2.09. The fourth-order valence-corrected chi connectivity index (χ4v) is 2.79. The summed E-state index contributed by atoms with van der Waals surface area (Å²) in [7, 11) is 0. The number of nitrogens with zero attached hydrogens (tertiary/aromatic N) is 3. The van der Waals surface area contributed by atoms with Crippen molar-refractivity contribution < 1.29 is 14.3 Å². The normalized spacial score (nSPS) is 10.7. The molecule has 0 unspecified atom stereocenters. The zero-order valence-electron chi connectivity index (χ0n) is 17.8. The zero-order valence-corrected chi connectivity index (χ0v) is 17.8. The van der Waals surface area contributed by atoms with Crippen molar-refractivity contribution in [1.29, 1.82) is 0 Å². The highest BCUT2D eigenvalue weighted by Crippen LogP contribution is 2.28. The molecular weight excluding hydrogens is 394 g/mol. The fraction of sp³-hybridized carbons (Fsp3) is 0.217. The molecule has 8 nitrogen and oxygen atoms in total. The van der Waals surface area contributed by atoms with Gasteiger partial charge in [0.15, 0.2) is 18.1 Å². The topological polar surface area (TPSA) is 97.7 Å². The summed E-state index contributed by atoms with van der Waals surface area (Å²) in [6.45, 7) is 6.01. The Morgan fingerprint density at radius 2 is 1.74 bits per heavy atom. The number of para-hydroxylation sites is 1. The van der Waals surface area contributed by atoms with Crippen LogP contribution < -0.4 is 20.2 Å². The smallest absolute Gasteiger partial charge is 0.262 e. The molecule has 1 amide bonds. The number of amides is 1. The van der Waals surface area contributed by atoms with Gasteiger partial charge in [-0.25, -0.2) is 15.4 Å². The van der Waals surface area contributed by atoms with E-state index in [1.54, 1.807) is 18.3 Å². The van der Waals surface area contributed by atoms with Gasteiger partial charge in [-0.15, -0.1) is 0 Å². The number of benzene rings is 2. The number of carbonyl (C=O) groups excluding carboxylic acids is 1. The summed E-state index contributed by atoms with van der Waals surface area (Å²) in [5, 5.41) is 6.97. The molecule has 3 rings (SSSR count). The molecule has 0 atom stereocenters. The van der Waals surface area contributed by atoms with Crippen molar-refractivity contribution in [2.45, 2.75) is 20.8 Å². The number of aryl methyl sites for hydroxylation is 2. The van der Waals surface area contributed by atoms with Crippen molar-refractivity contribution in [3.05, 3.63) is 71.5 Å². The molecule has 160 valence electrons. The van der Waals surface area contributed by atoms with E-state index in [-0.39, 0.29) is 12.5 Å². The van der Waals surface area contributed by atoms with Gasteiger partial charge in [0.1, 0.15) is 0 Å². The zero-order chi connectivity index (χ0) is 22.1. The van der Waals surface area contributed by atoms with Crippen LogP contribution in [0.15, 0.2) is 59.7 Å². The van der Waals surface area contributed by atoms with E-state index in [1.807, 2.05) is 63.2 Å². The number of anilines is 2. The predicted molar refractivity (Wildman–Crippen MR) is 121 cm³/mol. The van der Waals surface area contributed by atoms with Crippen molar-refractivity contribution >= 4 is 23.8 Å². The van der Waals surface area contributed by atoms with Crippen LogP contribution in [0.2, 0.25) is 0 Å². The molecule has 0 bridgehead atoms. The van der Waals surface area contributed by atoms with Crippen molar-refractivity contribution in [3.63, 3.8) is 0 Å². The molecule has 0 aliphatic carbocycles. The summed E-state index contributed by atoms with van der Waals surface area (Å²) in [5.74, 6) is 1.19. The van der Waals surface area contributed by atoms with Crippen molar-refractivity contribution in [2.24, 2.45) is 5.10 Å². The molecule has 0 aliphatic rings. The summed E-state index contributed by atoms with van der Waals surface area (Å²) in [6.07, 6.45) is 1.63. The third-order valence-corrected chi connectivity index (χ3v) is 4.04. The van der Waals surface area contributed by atoms with E-state index in [9.17, 15) is 4.79 Å². The van der Waals surface area contributed by atoms with Crippen LogP contribution in [0.3, 0.4) is 0 Å². The van der Waals surface area contributed by atoms with Crippen LogP contribution in [0.1, 0.15) is 23.9 Å². The summed E-state index contributed by atoms with van der Waals surface area (Å²) in [4.78, 5) is 20.7. The third-order valence-electron chi connectivity index (χ3n) is 4.04. The minimum Gasteiger partial charge on any atom is -0.490 e. The van der Waals surface area contributed by atoms with E-state index in [0.29, 0.717) is 29.7 Å². The number of rotatable bonds is 9. The van der Waals surface area contributed by atoms with E-state index in [2.05, 4.69) is 25.8 Å². The number of nitrogens with one attached hydrogen (secondary N) is 2. The van der Waals surface area contributed by atoms with Crippen LogP contribution in [0.5, 0.6) is 11.5 Å². The van der Waals surface area contributed by atoms with E-state index < -0.39 is 0 Å². The van der Waals surface area contributed by atoms with Gasteiger partial charge in [-0.3, -0.25) is 4.79 Å². The molecule has 31 heavy (non-hydrogen) atoms. The van der Waals surface area contributed by atoms with Crippen LogP contribution in [-0.4, -0.2) is 35.3 Å². The Balaban J connectivity index is 1.62. The maximum absolute atomic E-state index is 12.1. The van der Waals surface area contributed by atoms with Gasteiger partial charge in [0.05, 0.1) is 12.8 Å². The van der Waals surface area contributed by atoms with E-state index in [4.69, 9.17) is 9.47 Å². The average Bonchev–Trinajstić information content (AvgIpc) is 2.73. The molecule has 0 radical (unpaired) electrons. The van der Waals surface area contributed by atoms with Crippen LogP contribution >= 0.6 is 0 Å². The first-order valence-electron chi connectivity index (χ1n) is 9.89. The number of ether oxygens (including phenoxy) is 2. The van der Waals surface area contributed by atoms with Crippen molar-refractivity contribution in [3.8, 4) is 11.5 Å². The van der Waals surface area contributed by atoms with Crippen LogP contribution in [0.25, 0.3) is 0 Å². The third kappa shape index (κ3) is 6.81. The molecule has 0 aliphatic heterocycles. The molecule has 1 heterocycles. The van der Waals surface area contributed by atoms with Crippen molar-refractivity contribution in [2.75, 3.05) is 24.0 Å². The first-order chi connectivity index (χ1) is 15.0. The highest BCUT2D eigenvalue weighted by atomic mass is 16.5. The highest BCUT2D eigenvalue weighted by molar-refractivity contribution is 5.91. The van der Waals surface area contributed by atoms with Gasteiger partial charge in [-0.05, 0) is 62.7 Å². The Bertz CT molecular complexity index is 1030. The van der Waals surface area contributed by atoms with Gasteiger partial charge in [0.25, 0.3) is 5.91 Å². The molecular formula is C23H25N5O3. The summed E-state index contributed by atoms with van der Waals surface area (Å²) in [5.41, 5.74) is 6.06. The Hall–Kier alpha value is -3.94. The molecule has 2 aromatic carbocycles. The number of hydrazone groups is 1. The Labute approximate surface area is 181 Å². The lowest BCUT2D eigenvalue weighted by Crippen LogP contribution is -2.20. The van der Waals surface area contributed by atoms with Crippen LogP contribution in [-0.2, 0) is 4.79 Å². The average molecular weight is 419 g/mol. The molecule has 1 aromatic heterocycles. The van der Waals surface area contributed by atoms with Gasteiger partial charge >= 0.3 is 0 Å². The second-order valence-electron chi connectivity index (χ2n) is 6.69. The number of hydrogen-bond acceptors (Lipinski definition) is 7. The summed E-state index contributed by atoms with van der Waals surface area (Å²) in [6, 6.07) is 16.5. The molecule has 0 saturated carbocycles. The van der Waals surface area contributed by atoms with E-state index >= 15 is 0 Å². The molecule has 2 N–H and O–H groups in total. The Morgan fingerprint density at radius 3 is 2.45 bits per heavy atom. The lowest BCUT2D eigenvalue weighted by molar-refractivity contribution is -0.118. The second kappa shape index (κ2) is 10.7. The molecule has 8 heteroatoms. The van der Waals surface area contributed by atoms with E-state index in [1.165, 1.54) is 0 Å². The van der Waals surface area contributed by atoms with E-state index in [0.717, 1.165) is 17.0 Å². The summed E-state index contributed by atoms with van der Waals surface area (Å²) >= 11 is 0. The maximum Gasteiger partial charge on any atom is 0.262 e. The van der Waals surface area contributed by atoms with Crippen LogP contribution in [0, 0.1) is 13.8 Å². The summed E-state index contributed by atoms with van der Waals surface area (Å²) < 4.78 is 11.3. The lowest BCUT2D eigenvalue weighted by Gasteiger charge is -2.12. The fourth-order valence-electron chi connectivity index (χ4n) is 2.79. The monoisotopic (exact) mass is 419 g/mol. The van der Waals surface area contributed by atoms with Gasteiger partial charge in [0, 0.05) is 17.1 Å². The Kier molecular flexibility index (Phi) is 7.53. The first-order valence-corrected chi connectivity index (χ1v) is 9.89. The minimum atomic E-state index is -0.253. The molecule has 3 aromatic rings. The molecule has 0 fully saturated rings. The number of carbonyl (C=O) groups is 1. The molecule has 0 saturated heterocycles. The molecule has 0 spiro atoms. The van der Waals surface area contributed by atoms with Gasteiger partial charge in [0.2, 0.25) is 5.95 Å². The number of hydrogen-bond donors (Lipinski definition) is 2. The lowest BCUT2D eigenvalue weighted by atomic mass is 10.2. The van der Waals surface area contributed by atoms with Gasteiger partial charge in [-0.2, -0.15) is 5.10 Å². The predicted octanol–water partition coefficient (Wildman–Crippen LogP) is 3.96. The second-order valence-corrected chi connectivity index (χ2v) is 6.69. The van der Waals surface area contributed by atoms with Crippen molar-refractivity contribution in [1.82, 2.24) is 9.97 Å². The quantitative estimate of drug-likeness (QED) is 0.403. The Morgan fingerprint density at radius 1 is 1.00 bits per heavy atom. The number of aromatic nitrogens is 2. The largest absolute Gasteiger partial charge is 0.490 e. The first kappa shape index (κ1) is 21.8.